The largest absolute Gasteiger partial charge is 0.493 e. The van der Waals surface area contributed by atoms with Gasteiger partial charge in [0.05, 0.1) is 25.2 Å². The summed E-state index contributed by atoms with van der Waals surface area (Å²) in [7, 11) is 3.00. The van der Waals surface area contributed by atoms with Gasteiger partial charge >= 0.3 is 5.97 Å². The summed E-state index contributed by atoms with van der Waals surface area (Å²) in [6.45, 7) is 4.38. The van der Waals surface area contributed by atoms with E-state index in [2.05, 4.69) is 4.74 Å². The molecule has 20 heavy (non-hydrogen) atoms. The second-order valence-electron chi connectivity index (χ2n) is 4.54. The van der Waals surface area contributed by atoms with E-state index < -0.39 is 0 Å². The maximum absolute atomic E-state index is 12.4. The van der Waals surface area contributed by atoms with Gasteiger partial charge in [-0.05, 0) is 19.1 Å². The fraction of sp³-hybridized carbons (Fsp3) is 0.467. The number of amides is 1. The SMILES string of the molecule is CCOc1ccccc1C(=O)N(C)CC(C)C(=O)OC. The molecule has 1 unspecified atom stereocenters. The maximum Gasteiger partial charge on any atom is 0.310 e. The van der Waals surface area contributed by atoms with Gasteiger partial charge in [-0.3, -0.25) is 9.59 Å². The second-order valence-corrected chi connectivity index (χ2v) is 4.54. The molecular formula is C15H21NO4. The number of carbonyl (C=O) groups excluding carboxylic acids is 2. The first kappa shape index (κ1) is 16.0. The van der Waals surface area contributed by atoms with Gasteiger partial charge in [0.25, 0.3) is 5.91 Å². The molecule has 0 saturated carbocycles. The Morgan fingerprint density at radius 1 is 1.30 bits per heavy atom. The number of benzene rings is 1. The lowest BCUT2D eigenvalue weighted by Gasteiger charge is -2.21. The first-order chi connectivity index (χ1) is 9.51. The van der Waals surface area contributed by atoms with E-state index in [0.717, 1.165) is 0 Å². The molecule has 1 atom stereocenters. The summed E-state index contributed by atoms with van der Waals surface area (Å²) in [6, 6.07) is 7.08. The number of nitrogens with zero attached hydrogens (tertiary/aromatic N) is 1. The van der Waals surface area contributed by atoms with E-state index >= 15 is 0 Å². The minimum atomic E-state index is -0.367. The van der Waals surface area contributed by atoms with Crippen LogP contribution >= 0.6 is 0 Å². The molecule has 0 aliphatic carbocycles. The summed E-state index contributed by atoms with van der Waals surface area (Å²) in [5.41, 5.74) is 0.494. The summed E-state index contributed by atoms with van der Waals surface area (Å²) >= 11 is 0. The monoisotopic (exact) mass is 279 g/mol. The van der Waals surface area contributed by atoms with E-state index in [9.17, 15) is 9.59 Å². The van der Waals surface area contributed by atoms with Crippen LogP contribution in [0.4, 0.5) is 0 Å². The Balaban J connectivity index is 2.81. The van der Waals surface area contributed by atoms with Crippen LogP contribution < -0.4 is 4.74 Å². The van der Waals surface area contributed by atoms with Crippen molar-refractivity contribution in [1.29, 1.82) is 0 Å². The van der Waals surface area contributed by atoms with Gasteiger partial charge in [0.2, 0.25) is 0 Å². The standard InChI is InChI=1S/C15H21NO4/c1-5-20-13-9-7-6-8-12(13)14(17)16(3)10-11(2)15(18)19-4/h6-9,11H,5,10H2,1-4H3. The Hall–Kier alpha value is -2.04. The van der Waals surface area contributed by atoms with E-state index in [1.54, 1.807) is 32.2 Å². The molecule has 110 valence electrons. The number of rotatable bonds is 6. The highest BCUT2D eigenvalue weighted by Gasteiger charge is 2.21. The average molecular weight is 279 g/mol. The highest BCUT2D eigenvalue weighted by molar-refractivity contribution is 5.97. The molecule has 0 aliphatic heterocycles. The Morgan fingerprint density at radius 3 is 2.55 bits per heavy atom. The summed E-state index contributed by atoms with van der Waals surface area (Å²) < 4.78 is 10.1. The van der Waals surface area contributed by atoms with Crippen molar-refractivity contribution < 1.29 is 19.1 Å². The van der Waals surface area contributed by atoms with Crippen LogP contribution in [0.5, 0.6) is 5.75 Å². The van der Waals surface area contributed by atoms with Crippen LogP contribution in [0, 0.1) is 5.92 Å². The number of ether oxygens (including phenoxy) is 2. The van der Waals surface area contributed by atoms with Crippen LogP contribution in [-0.4, -0.2) is 44.1 Å². The van der Waals surface area contributed by atoms with E-state index in [0.29, 0.717) is 24.5 Å². The molecule has 1 aromatic rings. The average Bonchev–Trinajstić information content (AvgIpc) is 2.46. The van der Waals surface area contributed by atoms with Crippen LogP contribution in [-0.2, 0) is 9.53 Å². The predicted octanol–water partition coefficient (Wildman–Crippen LogP) is 1.97. The minimum Gasteiger partial charge on any atom is -0.493 e. The van der Waals surface area contributed by atoms with Crippen LogP contribution in [0.25, 0.3) is 0 Å². The number of carbonyl (C=O) groups is 2. The van der Waals surface area contributed by atoms with Crippen molar-refractivity contribution in [2.45, 2.75) is 13.8 Å². The normalized spacial score (nSPS) is 11.6. The number of para-hydroxylation sites is 1. The van der Waals surface area contributed by atoms with Gasteiger partial charge in [-0.2, -0.15) is 0 Å². The molecular weight excluding hydrogens is 258 g/mol. The van der Waals surface area contributed by atoms with E-state index in [1.165, 1.54) is 12.0 Å². The summed E-state index contributed by atoms with van der Waals surface area (Å²) in [5, 5.41) is 0. The zero-order valence-corrected chi connectivity index (χ0v) is 12.4. The van der Waals surface area contributed by atoms with Crippen molar-refractivity contribution in [2.24, 2.45) is 5.92 Å². The lowest BCUT2D eigenvalue weighted by atomic mass is 10.1. The van der Waals surface area contributed by atoms with Crippen molar-refractivity contribution in [2.75, 3.05) is 27.3 Å². The predicted molar refractivity (Wildman–Crippen MR) is 75.8 cm³/mol. The highest BCUT2D eigenvalue weighted by Crippen LogP contribution is 2.20. The van der Waals surface area contributed by atoms with E-state index in [4.69, 9.17) is 4.74 Å². The Labute approximate surface area is 119 Å². The van der Waals surface area contributed by atoms with Crippen molar-refractivity contribution >= 4 is 11.9 Å². The van der Waals surface area contributed by atoms with Gasteiger partial charge in [0, 0.05) is 13.6 Å². The molecule has 0 bridgehead atoms. The zero-order valence-electron chi connectivity index (χ0n) is 12.4. The smallest absolute Gasteiger partial charge is 0.310 e. The van der Waals surface area contributed by atoms with Gasteiger partial charge in [-0.15, -0.1) is 0 Å². The van der Waals surface area contributed by atoms with E-state index in [-0.39, 0.29) is 17.8 Å². The summed E-state index contributed by atoms with van der Waals surface area (Å²) in [6.07, 6.45) is 0. The van der Waals surface area contributed by atoms with Gasteiger partial charge in [0.15, 0.2) is 0 Å². The highest BCUT2D eigenvalue weighted by atomic mass is 16.5. The third-order valence-electron chi connectivity index (χ3n) is 2.92. The summed E-state index contributed by atoms with van der Waals surface area (Å²) in [4.78, 5) is 25.3. The van der Waals surface area contributed by atoms with Crippen LogP contribution in [0.15, 0.2) is 24.3 Å². The first-order valence-electron chi connectivity index (χ1n) is 6.56. The third-order valence-corrected chi connectivity index (χ3v) is 2.92. The van der Waals surface area contributed by atoms with Crippen molar-refractivity contribution in [1.82, 2.24) is 4.90 Å². The molecule has 1 amide bonds. The van der Waals surface area contributed by atoms with Crippen LogP contribution in [0.2, 0.25) is 0 Å². The Morgan fingerprint density at radius 2 is 1.95 bits per heavy atom. The third kappa shape index (κ3) is 3.98. The lowest BCUT2D eigenvalue weighted by molar-refractivity contribution is -0.145. The fourth-order valence-corrected chi connectivity index (χ4v) is 1.90. The second kappa shape index (κ2) is 7.53. The molecule has 1 aromatic carbocycles. The van der Waals surface area contributed by atoms with Gasteiger partial charge in [-0.1, -0.05) is 19.1 Å². The van der Waals surface area contributed by atoms with Crippen molar-refractivity contribution in [3.05, 3.63) is 29.8 Å². The molecule has 0 saturated heterocycles. The fourth-order valence-electron chi connectivity index (χ4n) is 1.90. The number of hydrogen-bond acceptors (Lipinski definition) is 4. The summed E-state index contributed by atoms with van der Waals surface area (Å²) in [5.74, 6) is -0.321. The maximum atomic E-state index is 12.4. The quantitative estimate of drug-likeness (QED) is 0.747. The van der Waals surface area contributed by atoms with Crippen LogP contribution in [0.3, 0.4) is 0 Å². The van der Waals surface area contributed by atoms with Gasteiger partial charge in [0.1, 0.15) is 5.75 Å². The van der Waals surface area contributed by atoms with Crippen LogP contribution in [0.1, 0.15) is 24.2 Å². The molecule has 5 heteroatoms. The zero-order chi connectivity index (χ0) is 15.1. The molecule has 0 heterocycles. The Bertz CT molecular complexity index is 473. The Kier molecular flexibility index (Phi) is 6.03. The lowest BCUT2D eigenvalue weighted by Crippen LogP contribution is -2.34. The topological polar surface area (TPSA) is 55.8 Å². The number of methoxy groups -OCH3 is 1. The molecule has 1 rings (SSSR count). The van der Waals surface area contributed by atoms with Gasteiger partial charge in [-0.25, -0.2) is 0 Å². The molecule has 5 nitrogen and oxygen atoms in total. The minimum absolute atomic E-state index is 0.176. The molecule has 0 spiro atoms. The van der Waals surface area contributed by atoms with Crippen molar-refractivity contribution in [3.63, 3.8) is 0 Å². The molecule has 0 aromatic heterocycles. The number of hydrogen-bond donors (Lipinski definition) is 0. The molecule has 0 radical (unpaired) electrons. The first-order valence-corrected chi connectivity index (χ1v) is 6.56. The van der Waals surface area contributed by atoms with Gasteiger partial charge < -0.3 is 14.4 Å². The molecule has 0 fully saturated rings. The molecule has 0 aliphatic rings. The number of esters is 1. The van der Waals surface area contributed by atoms with Crippen molar-refractivity contribution in [3.8, 4) is 5.75 Å². The van der Waals surface area contributed by atoms with E-state index in [1.807, 2.05) is 13.0 Å². The molecule has 0 N–H and O–H groups in total.